The van der Waals surface area contributed by atoms with Crippen LogP contribution in [0.3, 0.4) is 0 Å². The van der Waals surface area contributed by atoms with Crippen LogP contribution in [0.4, 0.5) is 0 Å². The third kappa shape index (κ3) is 2.45. The average molecular weight is 264 g/mol. The molecule has 98 valence electrons. The van der Waals surface area contributed by atoms with Gasteiger partial charge in [-0.25, -0.2) is 0 Å². The first kappa shape index (κ1) is 12.2. The SMILES string of the molecule is O=C(CCCc1cccs1)N1CC[C@@H]2CNC[C@@H]21. The Morgan fingerprint density at radius 3 is 3.28 bits per heavy atom. The molecule has 1 aromatic heterocycles. The van der Waals surface area contributed by atoms with Gasteiger partial charge in [0.2, 0.25) is 5.91 Å². The zero-order chi connectivity index (χ0) is 12.4. The lowest BCUT2D eigenvalue weighted by molar-refractivity contribution is -0.132. The summed E-state index contributed by atoms with van der Waals surface area (Å²) < 4.78 is 0. The number of rotatable bonds is 4. The number of hydrogen-bond acceptors (Lipinski definition) is 3. The number of likely N-dealkylation sites (tertiary alicyclic amines) is 1. The maximum atomic E-state index is 12.2. The molecule has 2 atom stereocenters. The van der Waals surface area contributed by atoms with Crippen LogP contribution < -0.4 is 5.32 Å². The van der Waals surface area contributed by atoms with Crippen molar-refractivity contribution in [1.29, 1.82) is 0 Å². The first-order valence-corrected chi connectivity index (χ1v) is 7.75. The molecule has 0 spiro atoms. The Kier molecular flexibility index (Phi) is 3.66. The summed E-state index contributed by atoms with van der Waals surface area (Å²) in [5, 5.41) is 5.50. The van der Waals surface area contributed by atoms with Gasteiger partial charge in [-0.3, -0.25) is 4.79 Å². The summed E-state index contributed by atoms with van der Waals surface area (Å²) in [7, 11) is 0. The van der Waals surface area contributed by atoms with Crippen LogP contribution in [-0.2, 0) is 11.2 Å². The highest BCUT2D eigenvalue weighted by atomic mass is 32.1. The molecule has 18 heavy (non-hydrogen) atoms. The minimum atomic E-state index is 0.364. The molecule has 2 aliphatic rings. The molecule has 0 aromatic carbocycles. The maximum absolute atomic E-state index is 12.2. The molecule has 2 saturated heterocycles. The molecule has 0 unspecified atom stereocenters. The minimum absolute atomic E-state index is 0.364. The highest BCUT2D eigenvalue weighted by Gasteiger charge is 2.39. The molecule has 0 saturated carbocycles. The predicted molar refractivity (Wildman–Crippen MR) is 73.7 cm³/mol. The van der Waals surface area contributed by atoms with Crippen molar-refractivity contribution >= 4 is 17.2 Å². The Morgan fingerprint density at radius 2 is 2.44 bits per heavy atom. The number of aryl methyl sites for hydroxylation is 1. The highest BCUT2D eigenvalue weighted by Crippen LogP contribution is 2.27. The third-order valence-corrected chi connectivity index (χ3v) is 5.10. The summed E-state index contributed by atoms with van der Waals surface area (Å²) in [5.41, 5.74) is 0. The molecule has 2 aliphatic heterocycles. The second kappa shape index (κ2) is 5.41. The number of hydrogen-bond donors (Lipinski definition) is 1. The molecule has 0 aliphatic carbocycles. The molecule has 0 bridgehead atoms. The van der Waals surface area contributed by atoms with E-state index in [0.29, 0.717) is 24.3 Å². The number of nitrogens with one attached hydrogen (secondary N) is 1. The summed E-state index contributed by atoms with van der Waals surface area (Å²) >= 11 is 1.79. The van der Waals surface area contributed by atoms with Crippen molar-refractivity contribution < 1.29 is 4.79 Å². The lowest BCUT2D eigenvalue weighted by Gasteiger charge is -2.23. The summed E-state index contributed by atoms with van der Waals surface area (Å²) in [6.45, 7) is 3.08. The molecular weight excluding hydrogens is 244 g/mol. The number of nitrogens with zero attached hydrogens (tertiary/aromatic N) is 1. The van der Waals surface area contributed by atoms with Crippen LogP contribution in [0.1, 0.15) is 24.1 Å². The first-order chi connectivity index (χ1) is 8.84. The van der Waals surface area contributed by atoms with E-state index in [1.165, 1.54) is 11.3 Å². The van der Waals surface area contributed by atoms with Crippen LogP contribution in [0.2, 0.25) is 0 Å². The maximum Gasteiger partial charge on any atom is 0.222 e. The molecule has 4 heteroatoms. The molecule has 2 fully saturated rings. The topological polar surface area (TPSA) is 32.3 Å². The lowest BCUT2D eigenvalue weighted by atomic mass is 10.0. The molecule has 1 N–H and O–H groups in total. The van der Waals surface area contributed by atoms with Crippen LogP contribution in [0.15, 0.2) is 17.5 Å². The Labute approximate surface area is 112 Å². The zero-order valence-corrected chi connectivity index (χ0v) is 11.4. The number of fused-ring (bicyclic) bond motifs is 1. The van der Waals surface area contributed by atoms with Crippen molar-refractivity contribution in [1.82, 2.24) is 10.2 Å². The van der Waals surface area contributed by atoms with E-state index >= 15 is 0 Å². The monoisotopic (exact) mass is 264 g/mol. The van der Waals surface area contributed by atoms with Gasteiger partial charge < -0.3 is 10.2 Å². The van der Waals surface area contributed by atoms with E-state index in [1.807, 2.05) is 0 Å². The largest absolute Gasteiger partial charge is 0.338 e. The van der Waals surface area contributed by atoms with Gasteiger partial charge in [0.15, 0.2) is 0 Å². The van der Waals surface area contributed by atoms with E-state index in [4.69, 9.17) is 0 Å². The van der Waals surface area contributed by atoms with E-state index in [1.54, 1.807) is 11.3 Å². The molecule has 0 radical (unpaired) electrons. The van der Waals surface area contributed by atoms with Gasteiger partial charge in [0.25, 0.3) is 0 Å². The van der Waals surface area contributed by atoms with Crippen molar-refractivity contribution in [2.24, 2.45) is 5.92 Å². The van der Waals surface area contributed by atoms with Crippen molar-refractivity contribution in [3.8, 4) is 0 Å². The molecular formula is C14H20N2OS. The van der Waals surface area contributed by atoms with Crippen molar-refractivity contribution in [2.75, 3.05) is 19.6 Å². The van der Waals surface area contributed by atoms with Gasteiger partial charge in [-0.05, 0) is 36.6 Å². The fourth-order valence-corrected chi connectivity index (χ4v) is 3.92. The van der Waals surface area contributed by atoms with Gasteiger partial charge in [-0.1, -0.05) is 6.07 Å². The Morgan fingerprint density at radius 1 is 1.50 bits per heavy atom. The van der Waals surface area contributed by atoms with E-state index in [0.717, 1.165) is 32.5 Å². The summed E-state index contributed by atoms with van der Waals surface area (Å²) in [6, 6.07) is 4.72. The second-order valence-corrected chi connectivity index (χ2v) is 6.33. The Hall–Kier alpha value is -0.870. The normalized spacial score (nSPS) is 26.6. The molecule has 1 amide bonds. The van der Waals surface area contributed by atoms with E-state index < -0.39 is 0 Å². The summed E-state index contributed by atoms with van der Waals surface area (Å²) in [6.07, 6.45) is 3.93. The molecule has 1 aromatic rings. The minimum Gasteiger partial charge on any atom is -0.338 e. The number of carbonyl (C=O) groups excluding carboxylic acids is 1. The van der Waals surface area contributed by atoms with E-state index in [9.17, 15) is 4.79 Å². The fourth-order valence-electron chi connectivity index (χ4n) is 3.17. The number of amides is 1. The molecule has 3 rings (SSSR count). The van der Waals surface area contributed by atoms with Crippen LogP contribution >= 0.6 is 11.3 Å². The van der Waals surface area contributed by atoms with Crippen LogP contribution in [0.25, 0.3) is 0 Å². The second-order valence-electron chi connectivity index (χ2n) is 5.29. The van der Waals surface area contributed by atoms with Crippen molar-refractivity contribution in [3.05, 3.63) is 22.4 Å². The standard InChI is InChI=1S/C14H20N2OS/c17-14(5-1-3-12-4-2-8-18-12)16-7-6-11-9-15-10-13(11)16/h2,4,8,11,13,15H,1,3,5-7,9-10H2/t11-,13+/m1/s1. The van der Waals surface area contributed by atoms with Crippen LogP contribution in [0.5, 0.6) is 0 Å². The quantitative estimate of drug-likeness (QED) is 0.900. The van der Waals surface area contributed by atoms with Gasteiger partial charge in [-0.15, -0.1) is 11.3 Å². The Bertz CT molecular complexity index is 404. The van der Waals surface area contributed by atoms with Gasteiger partial charge in [0, 0.05) is 37.0 Å². The predicted octanol–water partition coefficient (Wildman–Crippen LogP) is 1.89. The van der Waals surface area contributed by atoms with Gasteiger partial charge >= 0.3 is 0 Å². The van der Waals surface area contributed by atoms with Crippen molar-refractivity contribution in [2.45, 2.75) is 31.7 Å². The number of thiophene rings is 1. The molecule has 3 heterocycles. The van der Waals surface area contributed by atoms with Crippen molar-refractivity contribution in [3.63, 3.8) is 0 Å². The number of carbonyl (C=O) groups is 1. The molecule has 3 nitrogen and oxygen atoms in total. The van der Waals surface area contributed by atoms with Gasteiger partial charge in [0.1, 0.15) is 0 Å². The van der Waals surface area contributed by atoms with E-state index in [2.05, 4.69) is 27.7 Å². The smallest absolute Gasteiger partial charge is 0.222 e. The zero-order valence-electron chi connectivity index (χ0n) is 10.6. The first-order valence-electron chi connectivity index (χ1n) is 6.87. The third-order valence-electron chi connectivity index (χ3n) is 4.16. The Balaban J connectivity index is 1.47. The fraction of sp³-hybridized carbons (Fsp3) is 0.643. The van der Waals surface area contributed by atoms with E-state index in [-0.39, 0.29) is 0 Å². The summed E-state index contributed by atoms with van der Waals surface area (Å²) in [5.74, 6) is 1.08. The summed E-state index contributed by atoms with van der Waals surface area (Å²) in [4.78, 5) is 15.7. The van der Waals surface area contributed by atoms with Crippen LogP contribution in [0, 0.1) is 5.92 Å². The van der Waals surface area contributed by atoms with Gasteiger partial charge in [-0.2, -0.15) is 0 Å². The lowest BCUT2D eigenvalue weighted by Crippen LogP contribution is -2.38. The average Bonchev–Trinajstić information content (AvgIpc) is 3.05. The van der Waals surface area contributed by atoms with Gasteiger partial charge in [0.05, 0.1) is 0 Å². The van der Waals surface area contributed by atoms with Crippen LogP contribution in [-0.4, -0.2) is 36.5 Å². The highest BCUT2D eigenvalue weighted by molar-refractivity contribution is 7.09.